The minimum absolute atomic E-state index is 0.00991. The molecule has 2 fully saturated rings. The Morgan fingerprint density at radius 3 is 2.62 bits per heavy atom. The third-order valence-electron chi connectivity index (χ3n) is 5.13. The molecule has 0 radical (unpaired) electrons. The van der Waals surface area contributed by atoms with Crippen LogP contribution in [0.3, 0.4) is 0 Å². The Balaban J connectivity index is 1.76. The van der Waals surface area contributed by atoms with Crippen molar-refractivity contribution in [3.63, 3.8) is 0 Å². The third-order valence-corrected chi connectivity index (χ3v) is 6.05. The number of non-ortho nitro benzene ring substituents is 1. The van der Waals surface area contributed by atoms with Gasteiger partial charge in [0.2, 0.25) is 0 Å². The van der Waals surface area contributed by atoms with E-state index in [1.54, 1.807) is 0 Å². The molecule has 2 aliphatic rings. The number of nitrogens with zero attached hydrogens (tertiary/aromatic N) is 2. The fourth-order valence-corrected chi connectivity index (χ4v) is 4.56. The summed E-state index contributed by atoms with van der Waals surface area (Å²) in [7, 11) is 0. The number of aliphatic hydroxyl groups excluding tert-OH is 1. The smallest absolute Gasteiger partial charge is 0.295 e. The zero-order valence-corrected chi connectivity index (χ0v) is 16.1. The molecule has 2 saturated heterocycles. The van der Waals surface area contributed by atoms with Gasteiger partial charge in [-0.1, -0.05) is 6.07 Å². The maximum atomic E-state index is 12.8. The number of nitro benzene ring substituents is 1. The molecular weight excluding hydrogens is 396 g/mol. The second-order valence-electron chi connectivity index (χ2n) is 6.91. The highest BCUT2D eigenvalue weighted by Crippen LogP contribution is 2.41. The Morgan fingerprint density at radius 1 is 1.28 bits per heavy atom. The minimum Gasteiger partial charge on any atom is -0.507 e. The molecule has 4 rings (SSSR count). The van der Waals surface area contributed by atoms with Crippen molar-refractivity contribution in [1.82, 2.24) is 4.90 Å². The van der Waals surface area contributed by atoms with Crippen LogP contribution in [0.4, 0.5) is 5.69 Å². The number of carbonyl (C=O) groups is 2. The highest BCUT2D eigenvalue weighted by atomic mass is 32.1. The molecule has 0 bridgehead atoms. The second-order valence-corrected chi connectivity index (χ2v) is 7.89. The summed E-state index contributed by atoms with van der Waals surface area (Å²) >= 11 is 1.39. The molecule has 0 aliphatic carbocycles. The molecule has 3 heterocycles. The predicted molar refractivity (Wildman–Crippen MR) is 105 cm³/mol. The summed E-state index contributed by atoms with van der Waals surface area (Å²) in [5.41, 5.74) is 0.103. The number of rotatable bonds is 5. The van der Waals surface area contributed by atoms with Crippen molar-refractivity contribution in [3.05, 3.63) is 67.9 Å². The molecule has 150 valence electrons. The SMILES string of the molecule is O=C1C(=O)N(CC2CCCO2)C(c2cccs2)/C1=C(/O)c1ccc([N+](=O)[O-])cc1. The summed E-state index contributed by atoms with van der Waals surface area (Å²) in [5, 5.41) is 23.6. The Kier molecular flexibility index (Phi) is 5.16. The number of nitro groups is 1. The van der Waals surface area contributed by atoms with Crippen molar-refractivity contribution in [2.45, 2.75) is 25.0 Å². The fourth-order valence-electron chi connectivity index (χ4n) is 3.72. The van der Waals surface area contributed by atoms with Crippen LogP contribution < -0.4 is 0 Å². The van der Waals surface area contributed by atoms with Crippen molar-refractivity contribution >= 4 is 34.5 Å². The first kappa shape index (κ1) is 19.3. The highest BCUT2D eigenvalue weighted by molar-refractivity contribution is 7.10. The number of aliphatic hydroxyl groups is 1. The summed E-state index contributed by atoms with van der Waals surface area (Å²) in [4.78, 5) is 38.1. The van der Waals surface area contributed by atoms with Crippen LogP contribution in [0.15, 0.2) is 47.4 Å². The van der Waals surface area contributed by atoms with Crippen molar-refractivity contribution in [3.8, 4) is 0 Å². The van der Waals surface area contributed by atoms with E-state index in [9.17, 15) is 24.8 Å². The van der Waals surface area contributed by atoms with Crippen LogP contribution in [-0.4, -0.2) is 45.9 Å². The summed E-state index contributed by atoms with van der Waals surface area (Å²) < 4.78 is 5.64. The molecule has 2 unspecified atom stereocenters. The quantitative estimate of drug-likeness (QED) is 0.264. The van der Waals surface area contributed by atoms with Gasteiger partial charge in [0.25, 0.3) is 17.4 Å². The number of likely N-dealkylation sites (tertiary alicyclic amines) is 1. The first-order chi connectivity index (χ1) is 14.0. The zero-order chi connectivity index (χ0) is 20.5. The number of thiophene rings is 1. The molecule has 9 heteroatoms. The molecule has 0 saturated carbocycles. The number of amides is 1. The minimum atomic E-state index is -0.766. The Hall–Kier alpha value is -3.04. The van der Waals surface area contributed by atoms with E-state index in [-0.39, 0.29) is 35.2 Å². The van der Waals surface area contributed by atoms with Crippen LogP contribution in [0, 0.1) is 10.1 Å². The molecular formula is C20H18N2O6S. The van der Waals surface area contributed by atoms with Crippen molar-refractivity contribution in [2.24, 2.45) is 0 Å². The van der Waals surface area contributed by atoms with Crippen LogP contribution in [0.5, 0.6) is 0 Å². The summed E-state index contributed by atoms with van der Waals surface area (Å²) in [5.74, 6) is -1.79. The van der Waals surface area contributed by atoms with Gasteiger partial charge in [0, 0.05) is 35.7 Å². The Morgan fingerprint density at radius 2 is 2.03 bits per heavy atom. The van der Waals surface area contributed by atoms with Gasteiger partial charge < -0.3 is 14.7 Å². The van der Waals surface area contributed by atoms with Crippen LogP contribution in [0.1, 0.15) is 29.3 Å². The first-order valence-corrected chi connectivity index (χ1v) is 10.0. The lowest BCUT2D eigenvalue weighted by Crippen LogP contribution is -2.36. The van der Waals surface area contributed by atoms with E-state index in [1.807, 2.05) is 17.5 Å². The van der Waals surface area contributed by atoms with Crippen LogP contribution >= 0.6 is 11.3 Å². The van der Waals surface area contributed by atoms with Gasteiger partial charge in [-0.3, -0.25) is 19.7 Å². The Bertz CT molecular complexity index is 977. The van der Waals surface area contributed by atoms with Gasteiger partial charge >= 0.3 is 0 Å². The molecule has 8 nitrogen and oxygen atoms in total. The number of hydrogen-bond acceptors (Lipinski definition) is 7. The third kappa shape index (κ3) is 3.54. The summed E-state index contributed by atoms with van der Waals surface area (Å²) in [6, 6.07) is 8.15. The fraction of sp³-hybridized carbons (Fsp3) is 0.300. The van der Waals surface area contributed by atoms with Gasteiger partial charge in [-0.15, -0.1) is 11.3 Å². The topological polar surface area (TPSA) is 110 Å². The Labute approximate surface area is 170 Å². The molecule has 1 N–H and O–H groups in total. The average molecular weight is 414 g/mol. The molecule has 1 aromatic carbocycles. The molecule has 1 amide bonds. The van der Waals surface area contributed by atoms with E-state index in [4.69, 9.17) is 4.74 Å². The maximum absolute atomic E-state index is 12.8. The zero-order valence-electron chi connectivity index (χ0n) is 15.3. The molecule has 29 heavy (non-hydrogen) atoms. The van der Waals surface area contributed by atoms with Gasteiger partial charge in [0.05, 0.1) is 22.6 Å². The lowest BCUT2D eigenvalue weighted by atomic mass is 9.99. The van der Waals surface area contributed by atoms with Gasteiger partial charge in [-0.25, -0.2) is 0 Å². The lowest BCUT2D eigenvalue weighted by molar-refractivity contribution is -0.384. The van der Waals surface area contributed by atoms with Gasteiger partial charge in [-0.2, -0.15) is 0 Å². The van der Waals surface area contributed by atoms with E-state index >= 15 is 0 Å². The monoisotopic (exact) mass is 414 g/mol. The largest absolute Gasteiger partial charge is 0.507 e. The van der Waals surface area contributed by atoms with E-state index in [0.717, 1.165) is 17.7 Å². The lowest BCUT2D eigenvalue weighted by Gasteiger charge is -2.26. The van der Waals surface area contributed by atoms with Crippen LogP contribution in [0.2, 0.25) is 0 Å². The van der Waals surface area contributed by atoms with E-state index in [2.05, 4.69) is 0 Å². The van der Waals surface area contributed by atoms with E-state index < -0.39 is 22.7 Å². The molecule has 0 spiro atoms. The average Bonchev–Trinajstić information content (AvgIpc) is 3.46. The van der Waals surface area contributed by atoms with Crippen molar-refractivity contribution in [2.75, 3.05) is 13.2 Å². The van der Waals surface area contributed by atoms with E-state index in [0.29, 0.717) is 6.61 Å². The predicted octanol–water partition coefficient (Wildman–Crippen LogP) is 3.26. The van der Waals surface area contributed by atoms with Gasteiger partial charge in [-0.05, 0) is 36.4 Å². The number of hydrogen-bond donors (Lipinski definition) is 1. The number of ketones is 1. The normalized spacial score (nSPS) is 23.7. The molecule has 1 aromatic heterocycles. The van der Waals surface area contributed by atoms with E-state index in [1.165, 1.54) is 40.5 Å². The highest BCUT2D eigenvalue weighted by Gasteiger charge is 2.47. The van der Waals surface area contributed by atoms with Crippen molar-refractivity contribution in [1.29, 1.82) is 0 Å². The van der Waals surface area contributed by atoms with Gasteiger partial charge in [0.1, 0.15) is 5.76 Å². The summed E-state index contributed by atoms with van der Waals surface area (Å²) in [6.07, 6.45) is 1.57. The summed E-state index contributed by atoms with van der Waals surface area (Å²) in [6.45, 7) is 0.894. The maximum Gasteiger partial charge on any atom is 0.295 e. The second kappa shape index (κ2) is 7.76. The van der Waals surface area contributed by atoms with Crippen LogP contribution in [-0.2, 0) is 14.3 Å². The first-order valence-electron chi connectivity index (χ1n) is 9.15. The molecule has 2 aromatic rings. The number of carbonyl (C=O) groups excluding carboxylic acids is 2. The number of benzene rings is 1. The van der Waals surface area contributed by atoms with Gasteiger partial charge in [0.15, 0.2) is 0 Å². The van der Waals surface area contributed by atoms with Crippen molar-refractivity contribution < 1.29 is 24.4 Å². The molecule has 2 atom stereocenters. The molecule has 2 aliphatic heterocycles. The number of Topliss-reactive ketones (excluding diaryl/α,β-unsaturated/α-hetero) is 1. The van der Waals surface area contributed by atoms with Crippen LogP contribution in [0.25, 0.3) is 5.76 Å². The number of ether oxygens (including phenoxy) is 1. The standard InChI is InChI=1S/C20H18N2O6S/c23-18(12-5-7-13(8-6-12)22(26)27)16-17(15-4-2-10-29-15)21(20(25)19(16)24)11-14-3-1-9-28-14/h2,4-8,10,14,17,23H,1,3,9,11H2/b18-16-.